The number of benzene rings is 2. The van der Waals surface area contributed by atoms with Gasteiger partial charge in [0.25, 0.3) is 0 Å². The number of aromatic nitrogens is 1. The van der Waals surface area contributed by atoms with Crippen molar-refractivity contribution in [3.63, 3.8) is 0 Å². The fraction of sp³-hybridized carbons (Fsp3) is 0.514. The van der Waals surface area contributed by atoms with Crippen LogP contribution in [0, 0.1) is 13.8 Å². The van der Waals surface area contributed by atoms with Gasteiger partial charge in [-0.25, -0.2) is 9.78 Å². The highest BCUT2D eigenvalue weighted by atomic mass is 17.2. The van der Waals surface area contributed by atoms with Crippen LogP contribution in [0.15, 0.2) is 54.7 Å². The number of aliphatic hydroxyl groups is 1. The van der Waals surface area contributed by atoms with Crippen LogP contribution in [0.3, 0.4) is 0 Å². The van der Waals surface area contributed by atoms with Crippen molar-refractivity contribution in [1.82, 2.24) is 4.98 Å². The maximum absolute atomic E-state index is 10.8. The van der Waals surface area contributed by atoms with Crippen molar-refractivity contribution in [2.75, 3.05) is 13.2 Å². The van der Waals surface area contributed by atoms with Gasteiger partial charge in [-0.1, -0.05) is 70.2 Å². The molecule has 1 N–H and O–H groups in total. The minimum atomic E-state index is -0.561. The summed E-state index contributed by atoms with van der Waals surface area (Å²) in [5.41, 5.74) is 9.32. The molecule has 1 heterocycles. The normalized spacial score (nSPS) is 12.2. The largest absolute Gasteiger partial charge is 0.390 e. The Bertz CT molecular complexity index is 1180. The van der Waals surface area contributed by atoms with Gasteiger partial charge in [0.05, 0.1) is 24.5 Å². The van der Waals surface area contributed by atoms with Crippen LogP contribution in [0.25, 0.3) is 11.3 Å². The molecular weight excluding hydrogens is 482 g/mol. The molecular formula is C35H49NO3. The number of rotatable bonds is 15. The Morgan fingerprint density at radius 1 is 0.744 bits per heavy atom. The first-order valence-corrected chi connectivity index (χ1v) is 14.9. The molecule has 1 aromatic heterocycles. The second-order valence-corrected chi connectivity index (χ2v) is 10.9. The van der Waals surface area contributed by atoms with Crippen LogP contribution in [0.5, 0.6) is 0 Å². The molecule has 0 saturated carbocycles. The van der Waals surface area contributed by atoms with Crippen molar-refractivity contribution in [2.45, 2.75) is 104 Å². The van der Waals surface area contributed by atoms with Gasteiger partial charge in [0.15, 0.2) is 0 Å². The predicted molar refractivity (Wildman–Crippen MR) is 162 cm³/mol. The molecule has 0 spiro atoms. The van der Waals surface area contributed by atoms with Crippen LogP contribution in [0.2, 0.25) is 0 Å². The lowest BCUT2D eigenvalue weighted by Crippen LogP contribution is -2.28. The van der Waals surface area contributed by atoms with Crippen LogP contribution in [0.4, 0.5) is 0 Å². The summed E-state index contributed by atoms with van der Waals surface area (Å²) in [7, 11) is 0. The molecule has 4 heteroatoms. The summed E-state index contributed by atoms with van der Waals surface area (Å²) >= 11 is 0. The Morgan fingerprint density at radius 2 is 1.41 bits per heavy atom. The molecule has 3 aromatic rings. The molecule has 3 rings (SSSR count). The van der Waals surface area contributed by atoms with Crippen LogP contribution < -0.4 is 0 Å². The van der Waals surface area contributed by atoms with E-state index in [1.54, 1.807) is 0 Å². The molecule has 0 aliphatic rings. The highest BCUT2D eigenvalue weighted by molar-refractivity contribution is 5.65. The summed E-state index contributed by atoms with van der Waals surface area (Å²) in [6.07, 6.45) is 8.09. The SMILES string of the molecule is CCOOCCc1ccc(-c2ccc(C(CC)(CC)c3ccc(CCC(O)(CC)CC)c(C)c3)cc2C)nc1. The van der Waals surface area contributed by atoms with Crippen molar-refractivity contribution in [3.8, 4) is 11.3 Å². The van der Waals surface area contributed by atoms with Crippen molar-refractivity contribution in [1.29, 1.82) is 0 Å². The lowest BCUT2D eigenvalue weighted by Gasteiger charge is -2.34. The quantitative estimate of drug-likeness (QED) is 0.121. The lowest BCUT2D eigenvalue weighted by atomic mass is 9.69. The van der Waals surface area contributed by atoms with Crippen molar-refractivity contribution in [2.24, 2.45) is 0 Å². The molecule has 0 saturated heterocycles. The van der Waals surface area contributed by atoms with E-state index in [2.05, 4.69) is 90.1 Å². The molecule has 0 atom stereocenters. The zero-order valence-corrected chi connectivity index (χ0v) is 25.3. The van der Waals surface area contributed by atoms with E-state index in [1.165, 1.54) is 33.4 Å². The number of nitrogens with zero attached hydrogens (tertiary/aromatic N) is 1. The highest BCUT2D eigenvalue weighted by Gasteiger charge is 2.31. The van der Waals surface area contributed by atoms with Gasteiger partial charge in [0, 0.05) is 23.6 Å². The Labute approximate surface area is 236 Å². The van der Waals surface area contributed by atoms with Crippen LogP contribution in [-0.4, -0.2) is 28.9 Å². The summed E-state index contributed by atoms with van der Waals surface area (Å²) < 4.78 is 0. The summed E-state index contributed by atoms with van der Waals surface area (Å²) in [5.74, 6) is 0. The van der Waals surface area contributed by atoms with Gasteiger partial charge in [-0.2, -0.15) is 0 Å². The second-order valence-electron chi connectivity index (χ2n) is 10.9. The zero-order valence-electron chi connectivity index (χ0n) is 25.3. The number of aryl methyl sites for hydroxylation is 3. The minimum Gasteiger partial charge on any atom is -0.390 e. The van der Waals surface area contributed by atoms with E-state index in [0.29, 0.717) is 13.2 Å². The first kappa shape index (κ1) is 31.0. The van der Waals surface area contributed by atoms with Gasteiger partial charge in [-0.15, -0.1) is 0 Å². The molecule has 2 aromatic carbocycles. The van der Waals surface area contributed by atoms with Crippen molar-refractivity contribution in [3.05, 3.63) is 88.1 Å². The second kappa shape index (κ2) is 14.2. The molecule has 4 nitrogen and oxygen atoms in total. The summed E-state index contributed by atoms with van der Waals surface area (Å²) in [6.45, 7) is 16.2. The van der Waals surface area contributed by atoms with E-state index in [-0.39, 0.29) is 5.41 Å². The summed E-state index contributed by atoms with van der Waals surface area (Å²) in [5, 5.41) is 10.8. The van der Waals surface area contributed by atoms with Gasteiger partial charge >= 0.3 is 0 Å². The highest BCUT2D eigenvalue weighted by Crippen LogP contribution is 2.41. The Hall–Kier alpha value is -2.53. The van der Waals surface area contributed by atoms with Gasteiger partial charge in [0.2, 0.25) is 0 Å². The third-order valence-corrected chi connectivity index (χ3v) is 8.83. The average molecular weight is 532 g/mol. The van der Waals surface area contributed by atoms with Gasteiger partial charge < -0.3 is 5.11 Å². The maximum atomic E-state index is 10.8. The summed E-state index contributed by atoms with van der Waals surface area (Å²) in [4.78, 5) is 14.9. The van der Waals surface area contributed by atoms with E-state index in [0.717, 1.165) is 56.2 Å². The van der Waals surface area contributed by atoms with E-state index in [9.17, 15) is 5.11 Å². The van der Waals surface area contributed by atoms with E-state index >= 15 is 0 Å². The Balaban J connectivity index is 1.84. The molecule has 0 amide bonds. The Morgan fingerprint density at radius 3 is 1.95 bits per heavy atom. The predicted octanol–water partition coefficient (Wildman–Crippen LogP) is 8.47. The molecule has 0 bridgehead atoms. The van der Waals surface area contributed by atoms with Gasteiger partial charge in [0.1, 0.15) is 0 Å². The van der Waals surface area contributed by atoms with Gasteiger partial charge in [-0.3, -0.25) is 4.98 Å². The molecule has 0 unspecified atom stereocenters. The first-order chi connectivity index (χ1) is 18.8. The number of hydrogen-bond acceptors (Lipinski definition) is 4. The standard InChI is InChI=1S/C35H49NO3/c1-8-34(37,9-2)21-19-29-14-15-30(23-26(29)6)35(10-3,11-4)31-16-17-32(27(7)24-31)33-18-13-28(25-36-33)20-22-39-38-12-5/h13-18,23-25,37H,8-12,19-22H2,1-7H3. The molecule has 212 valence electrons. The smallest absolute Gasteiger partial charge is 0.0863 e. The van der Waals surface area contributed by atoms with E-state index in [4.69, 9.17) is 14.8 Å². The number of pyridine rings is 1. The molecule has 0 fully saturated rings. The monoisotopic (exact) mass is 531 g/mol. The summed E-state index contributed by atoms with van der Waals surface area (Å²) in [6, 6.07) is 18.1. The van der Waals surface area contributed by atoms with Crippen LogP contribution in [0.1, 0.15) is 100 Å². The lowest BCUT2D eigenvalue weighted by molar-refractivity contribution is -0.290. The zero-order chi connectivity index (χ0) is 28.5. The first-order valence-electron chi connectivity index (χ1n) is 14.9. The molecule has 0 aliphatic carbocycles. The number of hydrogen-bond donors (Lipinski definition) is 1. The van der Waals surface area contributed by atoms with Crippen molar-refractivity contribution < 1.29 is 14.9 Å². The topological polar surface area (TPSA) is 51.6 Å². The van der Waals surface area contributed by atoms with Gasteiger partial charge in [-0.05, 0) is 98.7 Å². The third kappa shape index (κ3) is 7.36. The Kier molecular flexibility index (Phi) is 11.3. The fourth-order valence-corrected chi connectivity index (χ4v) is 5.76. The molecule has 0 aliphatic heterocycles. The molecule has 0 radical (unpaired) electrons. The van der Waals surface area contributed by atoms with E-state index in [1.807, 2.05) is 13.1 Å². The van der Waals surface area contributed by atoms with E-state index < -0.39 is 5.60 Å². The fourth-order valence-electron chi connectivity index (χ4n) is 5.76. The van der Waals surface area contributed by atoms with Crippen molar-refractivity contribution >= 4 is 0 Å². The van der Waals surface area contributed by atoms with Crippen LogP contribution in [-0.2, 0) is 28.0 Å². The average Bonchev–Trinajstić information content (AvgIpc) is 2.96. The van der Waals surface area contributed by atoms with Crippen LogP contribution >= 0.6 is 0 Å². The minimum absolute atomic E-state index is 0.0437. The molecule has 39 heavy (non-hydrogen) atoms. The third-order valence-electron chi connectivity index (χ3n) is 8.83. The maximum Gasteiger partial charge on any atom is 0.0863 e.